The highest BCUT2D eigenvalue weighted by molar-refractivity contribution is 5.55. The smallest absolute Gasteiger partial charge is 0.358 e. The number of halogens is 7. The summed E-state index contributed by atoms with van der Waals surface area (Å²) in [4.78, 5) is 0.644. The van der Waals surface area contributed by atoms with E-state index in [1.807, 2.05) is 0 Å². The second-order valence-electron chi connectivity index (χ2n) is 5.44. The van der Waals surface area contributed by atoms with E-state index in [-0.39, 0.29) is 11.3 Å². The molecule has 0 heterocycles. The van der Waals surface area contributed by atoms with Crippen LogP contribution in [0.1, 0.15) is 16.7 Å². The normalized spacial score (nSPS) is 11.9. The maximum Gasteiger partial charge on any atom is 0.417 e. The fourth-order valence-electron chi connectivity index (χ4n) is 2.37. The van der Waals surface area contributed by atoms with Crippen molar-refractivity contribution in [3.63, 3.8) is 0 Å². The molecule has 0 fully saturated rings. The average molecular weight is 376 g/mol. The molecule has 2 nitrogen and oxygen atoms in total. The van der Waals surface area contributed by atoms with Crippen molar-refractivity contribution in [2.24, 2.45) is 0 Å². The van der Waals surface area contributed by atoms with Gasteiger partial charge in [-0.2, -0.15) is 31.6 Å². The van der Waals surface area contributed by atoms with Crippen LogP contribution in [0.15, 0.2) is 42.5 Å². The molecule has 2 rings (SSSR count). The molecule has 26 heavy (non-hydrogen) atoms. The maximum absolute atomic E-state index is 13.3. The molecule has 2 aromatic rings. The van der Waals surface area contributed by atoms with Gasteiger partial charge in [-0.3, -0.25) is 0 Å². The van der Waals surface area contributed by atoms with Crippen molar-refractivity contribution in [3.8, 4) is 6.07 Å². The zero-order valence-electron chi connectivity index (χ0n) is 13.0. The third-order valence-electron chi connectivity index (χ3n) is 3.43. The van der Waals surface area contributed by atoms with Crippen LogP contribution in [0.5, 0.6) is 0 Å². The Labute approximate surface area is 144 Å². The summed E-state index contributed by atoms with van der Waals surface area (Å²) in [6.45, 7) is -1.99. The first-order chi connectivity index (χ1) is 12.0. The van der Waals surface area contributed by atoms with Crippen LogP contribution >= 0.6 is 0 Å². The molecule has 0 radical (unpaired) electrons. The van der Waals surface area contributed by atoms with Crippen molar-refractivity contribution in [1.82, 2.24) is 0 Å². The first-order valence-corrected chi connectivity index (χ1v) is 7.17. The number of rotatable bonds is 4. The minimum atomic E-state index is -4.90. The summed E-state index contributed by atoms with van der Waals surface area (Å²) < 4.78 is 91.0. The monoisotopic (exact) mass is 376 g/mol. The maximum atomic E-state index is 13.3. The first-order valence-electron chi connectivity index (χ1n) is 7.17. The molecule has 2 aromatic carbocycles. The molecule has 138 valence electrons. The fourth-order valence-corrected chi connectivity index (χ4v) is 2.37. The van der Waals surface area contributed by atoms with Crippen LogP contribution < -0.4 is 4.90 Å². The molecule has 0 aliphatic heterocycles. The van der Waals surface area contributed by atoms with Gasteiger partial charge in [0.25, 0.3) is 0 Å². The Morgan fingerprint density at radius 2 is 1.65 bits per heavy atom. The fraction of sp³-hybridized carbons (Fsp3) is 0.235. The summed E-state index contributed by atoms with van der Waals surface area (Å²) >= 11 is 0. The molecule has 0 saturated heterocycles. The summed E-state index contributed by atoms with van der Waals surface area (Å²) in [5.41, 5.74) is -2.24. The molecular weight excluding hydrogens is 365 g/mol. The Hall–Kier alpha value is -2.76. The van der Waals surface area contributed by atoms with Gasteiger partial charge in [0.1, 0.15) is 12.4 Å². The minimum Gasteiger partial charge on any atom is -0.358 e. The standard InChI is InChI=1S/C17H11F7N2/c18-13-3-1-2-11(6-13)9-26(10-16(19,20)21)14-5-4-12(8-25)15(7-14)17(22,23)24/h1-7H,9-10H2. The molecule has 0 aliphatic carbocycles. The van der Waals surface area contributed by atoms with Gasteiger partial charge in [0, 0.05) is 12.2 Å². The predicted octanol–water partition coefficient (Wildman–Crippen LogP) is 5.29. The molecular formula is C17H11F7N2. The minimum absolute atomic E-state index is 0.159. The van der Waals surface area contributed by atoms with Crippen LogP contribution in [-0.4, -0.2) is 12.7 Å². The van der Waals surface area contributed by atoms with E-state index in [0.717, 1.165) is 24.3 Å². The van der Waals surface area contributed by atoms with Crippen LogP contribution in [0.3, 0.4) is 0 Å². The molecule has 0 aliphatic rings. The van der Waals surface area contributed by atoms with E-state index in [1.54, 1.807) is 0 Å². The van der Waals surface area contributed by atoms with Crippen LogP contribution in [0, 0.1) is 17.1 Å². The highest BCUT2D eigenvalue weighted by atomic mass is 19.4. The Balaban J connectivity index is 2.47. The van der Waals surface area contributed by atoms with Crippen LogP contribution in [0.4, 0.5) is 36.4 Å². The molecule has 0 atom stereocenters. The van der Waals surface area contributed by atoms with Crippen molar-refractivity contribution in [3.05, 3.63) is 65.0 Å². The van der Waals surface area contributed by atoms with E-state index in [1.165, 1.54) is 18.2 Å². The van der Waals surface area contributed by atoms with E-state index >= 15 is 0 Å². The highest BCUT2D eigenvalue weighted by Crippen LogP contribution is 2.35. The lowest BCUT2D eigenvalue weighted by Gasteiger charge is -2.27. The quantitative estimate of drug-likeness (QED) is 0.679. The van der Waals surface area contributed by atoms with Gasteiger partial charge < -0.3 is 4.90 Å². The molecule has 0 spiro atoms. The van der Waals surface area contributed by atoms with Gasteiger partial charge in [0.2, 0.25) is 0 Å². The van der Waals surface area contributed by atoms with Gasteiger partial charge >= 0.3 is 12.4 Å². The summed E-state index contributed by atoms with van der Waals surface area (Å²) in [6.07, 6.45) is -9.59. The van der Waals surface area contributed by atoms with E-state index in [4.69, 9.17) is 5.26 Å². The van der Waals surface area contributed by atoms with Crippen molar-refractivity contribution < 1.29 is 30.7 Å². The number of anilines is 1. The van der Waals surface area contributed by atoms with Gasteiger partial charge in [0.15, 0.2) is 0 Å². The number of nitrogens with zero attached hydrogens (tertiary/aromatic N) is 2. The Kier molecular flexibility index (Phi) is 5.44. The lowest BCUT2D eigenvalue weighted by atomic mass is 10.1. The molecule has 0 unspecified atom stereocenters. The van der Waals surface area contributed by atoms with E-state index in [2.05, 4.69) is 0 Å². The number of hydrogen-bond donors (Lipinski definition) is 0. The highest BCUT2D eigenvalue weighted by Gasteiger charge is 2.36. The molecule has 0 saturated carbocycles. The molecule has 9 heteroatoms. The molecule has 0 bridgehead atoms. The third kappa shape index (κ3) is 5.12. The molecule has 0 N–H and O–H groups in total. The number of hydrogen-bond acceptors (Lipinski definition) is 2. The van der Waals surface area contributed by atoms with Gasteiger partial charge in [-0.25, -0.2) is 4.39 Å². The second kappa shape index (κ2) is 7.23. The zero-order valence-corrected chi connectivity index (χ0v) is 13.0. The van der Waals surface area contributed by atoms with E-state index in [9.17, 15) is 30.7 Å². The van der Waals surface area contributed by atoms with Crippen molar-refractivity contribution in [2.75, 3.05) is 11.4 Å². The number of benzene rings is 2. The summed E-state index contributed by atoms with van der Waals surface area (Å²) in [5.74, 6) is -0.676. The van der Waals surface area contributed by atoms with Gasteiger partial charge in [-0.1, -0.05) is 12.1 Å². The lowest BCUT2D eigenvalue weighted by molar-refractivity contribution is -0.137. The van der Waals surface area contributed by atoms with Gasteiger partial charge in [-0.15, -0.1) is 0 Å². The third-order valence-corrected chi connectivity index (χ3v) is 3.43. The Morgan fingerprint density at radius 1 is 0.962 bits per heavy atom. The predicted molar refractivity (Wildman–Crippen MR) is 79.7 cm³/mol. The van der Waals surface area contributed by atoms with Crippen LogP contribution in [0.25, 0.3) is 0 Å². The SMILES string of the molecule is N#Cc1ccc(N(Cc2cccc(F)c2)CC(F)(F)F)cc1C(F)(F)F. The summed E-state index contributed by atoms with van der Waals surface area (Å²) in [6, 6.07) is 8.41. The largest absolute Gasteiger partial charge is 0.417 e. The average Bonchev–Trinajstić information content (AvgIpc) is 2.51. The van der Waals surface area contributed by atoms with Crippen molar-refractivity contribution >= 4 is 5.69 Å². The van der Waals surface area contributed by atoms with Crippen LogP contribution in [-0.2, 0) is 12.7 Å². The zero-order chi connectivity index (χ0) is 19.5. The molecule has 0 aromatic heterocycles. The number of alkyl halides is 6. The molecule has 0 amide bonds. The van der Waals surface area contributed by atoms with Crippen LogP contribution in [0.2, 0.25) is 0 Å². The summed E-state index contributed by atoms with van der Waals surface area (Å²) in [5, 5.41) is 8.78. The Morgan fingerprint density at radius 3 is 2.19 bits per heavy atom. The van der Waals surface area contributed by atoms with Crippen molar-refractivity contribution in [2.45, 2.75) is 18.9 Å². The van der Waals surface area contributed by atoms with Crippen molar-refractivity contribution in [1.29, 1.82) is 5.26 Å². The van der Waals surface area contributed by atoms with Gasteiger partial charge in [0.05, 0.1) is 17.2 Å². The van der Waals surface area contributed by atoms with E-state index < -0.39 is 42.4 Å². The summed E-state index contributed by atoms with van der Waals surface area (Å²) in [7, 11) is 0. The van der Waals surface area contributed by atoms with E-state index in [0.29, 0.717) is 11.0 Å². The first kappa shape index (κ1) is 19.6. The lowest BCUT2D eigenvalue weighted by Crippen LogP contribution is -2.34. The Bertz CT molecular complexity index is 819. The van der Waals surface area contributed by atoms with Gasteiger partial charge in [-0.05, 0) is 35.9 Å². The topological polar surface area (TPSA) is 27.0 Å². The second-order valence-corrected chi connectivity index (χ2v) is 5.44. The number of nitriles is 1.